The molecule has 0 unspecified atom stereocenters. The molecular formula is C20H25N7O3S. The SMILES string of the molecule is CCOC(=O)c1sc(Nc2nc(NCc3ccco3)cc(N3CCNCC3)n2)nc1C. The first-order chi connectivity index (χ1) is 15.1. The molecule has 1 fully saturated rings. The summed E-state index contributed by atoms with van der Waals surface area (Å²) in [5.74, 6) is 2.33. The number of carbonyl (C=O) groups is 1. The summed E-state index contributed by atoms with van der Waals surface area (Å²) in [7, 11) is 0. The number of nitrogens with zero attached hydrogens (tertiary/aromatic N) is 4. The second-order valence-electron chi connectivity index (χ2n) is 6.88. The number of aromatic nitrogens is 3. The molecule has 3 aromatic rings. The van der Waals surface area contributed by atoms with Gasteiger partial charge in [-0.3, -0.25) is 5.32 Å². The quantitative estimate of drug-likeness (QED) is 0.449. The number of hydrogen-bond donors (Lipinski definition) is 3. The number of hydrogen-bond acceptors (Lipinski definition) is 11. The van der Waals surface area contributed by atoms with Crippen molar-refractivity contribution in [1.29, 1.82) is 0 Å². The first kappa shape index (κ1) is 21.1. The highest BCUT2D eigenvalue weighted by atomic mass is 32.1. The predicted molar refractivity (Wildman–Crippen MR) is 119 cm³/mol. The van der Waals surface area contributed by atoms with Crippen molar-refractivity contribution in [3.63, 3.8) is 0 Å². The number of anilines is 4. The molecule has 4 heterocycles. The molecular weight excluding hydrogens is 418 g/mol. The van der Waals surface area contributed by atoms with Gasteiger partial charge in [0, 0.05) is 32.2 Å². The van der Waals surface area contributed by atoms with Crippen molar-refractivity contribution in [1.82, 2.24) is 20.3 Å². The largest absolute Gasteiger partial charge is 0.467 e. The molecule has 0 atom stereocenters. The van der Waals surface area contributed by atoms with Crippen molar-refractivity contribution in [2.45, 2.75) is 20.4 Å². The van der Waals surface area contributed by atoms with Gasteiger partial charge >= 0.3 is 5.97 Å². The Kier molecular flexibility index (Phi) is 6.63. The molecule has 0 aromatic carbocycles. The van der Waals surface area contributed by atoms with Gasteiger partial charge in [0.2, 0.25) is 5.95 Å². The lowest BCUT2D eigenvalue weighted by Crippen LogP contribution is -2.44. The van der Waals surface area contributed by atoms with Crippen LogP contribution in [0.2, 0.25) is 0 Å². The van der Waals surface area contributed by atoms with E-state index in [1.54, 1.807) is 20.1 Å². The molecule has 0 bridgehead atoms. The molecule has 1 saturated heterocycles. The third-order valence-electron chi connectivity index (χ3n) is 4.65. The van der Waals surface area contributed by atoms with Crippen molar-refractivity contribution in [3.8, 4) is 0 Å². The molecule has 1 aliphatic rings. The number of aryl methyl sites for hydroxylation is 1. The van der Waals surface area contributed by atoms with Crippen LogP contribution in [0.1, 0.15) is 28.0 Å². The number of furan rings is 1. The topological polar surface area (TPSA) is 117 Å². The van der Waals surface area contributed by atoms with E-state index in [1.165, 1.54) is 11.3 Å². The van der Waals surface area contributed by atoms with E-state index in [1.807, 2.05) is 18.2 Å². The predicted octanol–water partition coefficient (Wildman–Crippen LogP) is 2.78. The number of thiazole rings is 1. The first-order valence-corrected chi connectivity index (χ1v) is 11.0. The van der Waals surface area contributed by atoms with Gasteiger partial charge in [0.25, 0.3) is 0 Å². The van der Waals surface area contributed by atoms with E-state index in [2.05, 4.69) is 35.8 Å². The molecule has 0 radical (unpaired) electrons. The van der Waals surface area contributed by atoms with E-state index in [0.29, 0.717) is 40.6 Å². The molecule has 4 rings (SSSR count). The number of ether oxygens (including phenoxy) is 1. The summed E-state index contributed by atoms with van der Waals surface area (Å²) < 4.78 is 10.5. The Morgan fingerprint density at radius 2 is 2.16 bits per heavy atom. The molecule has 0 aliphatic carbocycles. The molecule has 10 nitrogen and oxygen atoms in total. The lowest BCUT2D eigenvalue weighted by molar-refractivity contribution is 0.0531. The van der Waals surface area contributed by atoms with E-state index in [4.69, 9.17) is 9.15 Å². The summed E-state index contributed by atoms with van der Waals surface area (Å²) in [4.78, 5) is 28.5. The molecule has 31 heavy (non-hydrogen) atoms. The average molecular weight is 444 g/mol. The van der Waals surface area contributed by atoms with Crippen LogP contribution in [-0.2, 0) is 11.3 Å². The van der Waals surface area contributed by atoms with Crippen molar-refractivity contribution in [3.05, 3.63) is 40.8 Å². The van der Waals surface area contributed by atoms with Crippen LogP contribution in [-0.4, -0.2) is 53.7 Å². The van der Waals surface area contributed by atoms with E-state index in [-0.39, 0.29) is 5.97 Å². The van der Waals surface area contributed by atoms with Crippen LogP contribution in [0.25, 0.3) is 0 Å². The van der Waals surface area contributed by atoms with Gasteiger partial charge in [-0.2, -0.15) is 9.97 Å². The summed E-state index contributed by atoms with van der Waals surface area (Å²) in [5, 5.41) is 10.3. The monoisotopic (exact) mass is 443 g/mol. The minimum Gasteiger partial charge on any atom is -0.467 e. The van der Waals surface area contributed by atoms with Crippen molar-refractivity contribution >= 4 is 40.0 Å². The molecule has 0 amide bonds. The number of piperazine rings is 1. The van der Waals surface area contributed by atoms with Crippen LogP contribution in [0.15, 0.2) is 28.9 Å². The van der Waals surface area contributed by atoms with Crippen LogP contribution < -0.4 is 20.9 Å². The standard InChI is InChI=1S/C20H25N7O3S/c1-3-29-18(28)17-13(2)23-20(31-17)26-19-24-15(22-12-14-5-4-10-30-14)11-16(25-19)27-8-6-21-7-9-27/h4-5,10-11,21H,3,6-9,12H2,1-2H3,(H2,22,23,24,25,26). The van der Waals surface area contributed by atoms with Gasteiger partial charge in [-0.1, -0.05) is 11.3 Å². The molecule has 1 aliphatic heterocycles. The van der Waals surface area contributed by atoms with E-state index in [9.17, 15) is 4.79 Å². The highest BCUT2D eigenvalue weighted by Crippen LogP contribution is 2.27. The minimum atomic E-state index is -0.373. The molecule has 3 N–H and O–H groups in total. The van der Waals surface area contributed by atoms with Gasteiger partial charge in [-0.15, -0.1) is 0 Å². The van der Waals surface area contributed by atoms with Crippen LogP contribution in [0.5, 0.6) is 0 Å². The fraction of sp³-hybridized carbons (Fsp3) is 0.400. The van der Waals surface area contributed by atoms with Crippen LogP contribution in [0.3, 0.4) is 0 Å². The fourth-order valence-corrected chi connectivity index (χ4v) is 4.01. The van der Waals surface area contributed by atoms with Gasteiger partial charge in [0.15, 0.2) is 5.13 Å². The lowest BCUT2D eigenvalue weighted by Gasteiger charge is -2.28. The Hall–Kier alpha value is -3.18. The summed E-state index contributed by atoms with van der Waals surface area (Å²) >= 11 is 1.23. The van der Waals surface area contributed by atoms with Crippen molar-refractivity contribution in [2.75, 3.05) is 48.3 Å². The zero-order chi connectivity index (χ0) is 21.6. The molecule has 0 saturated carbocycles. The third-order valence-corrected chi connectivity index (χ3v) is 5.71. The number of nitrogens with one attached hydrogen (secondary N) is 3. The Labute approximate surface area is 184 Å². The maximum Gasteiger partial charge on any atom is 0.350 e. The van der Waals surface area contributed by atoms with E-state index < -0.39 is 0 Å². The number of esters is 1. The maximum absolute atomic E-state index is 12.1. The normalized spacial score (nSPS) is 13.8. The summed E-state index contributed by atoms with van der Waals surface area (Å²) in [6.45, 7) is 7.90. The lowest BCUT2D eigenvalue weighted by atomic mass is 10.3. The number of rotatable bonds is 8. The zero-order valence-corrected chi connectivity index (χ0v) is 18.3. The van der Waals surface area contributed by atoms with Gasteiger partial charge in [-0.05, 0) is 26.0 Å². The third kappa shape index (κ3) is 5.30. The van der Waals surface area contributed by atoms with Crippen LogP contribution in [0.4, 0.5) is 22.7 Å². The zero-order valence-electron chi connectivity index (χ0n) is 17.5. The van der Waals surface area contributed by atoms with Crippen molar-refractivity contribution in [2.24, 2.45) is 0 Å². The van der Waals surface area contributed by atoms with Gasteiger partial charge < -0.3 is 24.7 Å². The molecule has 11 heteroatoms. The Bertz CT molecular complexity index is 1020. The smallest absolute Gasteiger partial charge is 0.350 e. The summed E-state index contributed by atoms with van der Waals surface area (Å²) in [5.41, 5.74) is 0.611. The Morgan fingerprint density at radius 1 is 1.32 bits per heavy atom. The Morgan fingerprint density at radius 3 is 2.90 bits per heavy atom. The summed E-state index contributed by atoms with van der Waals surface area (Å²) in [6, 6.07) is 5.68. The first-order valence-electron chi connectivity index (χ1n) is 10.1. The van der Waals surface area contributed by atoms with Crippen LogP contribution in [0, 0.1) is 6.92 Å². The summed E-state index contributed by atoms with van der Waals surface area (Å²) in [6.07, 6.45) is 1.64. The molecule has 3 aromatic heterocycles. The minimum absolute atomic E-state index is 0.319. The van der Waals surface area contributed by atoms with Gasteiger partial charge in [0.1, 0.15) is 22.3 Å². The average Bonchev–Trinajstić information content (AvgIpc) is 3.42. The van der Waals surface area contributed by atoms with Gasteiger partial charge in [0.05, 0.1) is 25.1 Å². The highest BCUT2D eigenvalue weighted by Gasteiger charge is 2.19. The maximum atomic E-state index is 12.1. The number of carbonyl (C=O) groups excluding carboxylic acids is 1. The van der Waals surface area contributed by atoms with Gasteiger partial charge in [-0.25, -0.2) is 9.78 Å². The second kappa shape index (κ2) is 9.75. The molecule has 0 spiro atoms. The molecule has 164 valence electrons. The fourth-order valence-electron chi connectivity index (χ4n) is 3.16. The van der Waals surface area contributed by atoms with E-state index >= 15 is 0 Å². The van der Waals surface area contributed by atoms with E-state index in [0.717, 1.165) is 37.8 Å². The Balaban J connectivity index is 1.57. The second-order valence-corrected chi connectivity index (χ2v) is 7.88. The van der Waals surface area contributed by atoms with Crippen molar-refractivity contribution < 1.29 is 13.9 Å². The van der Waals surface area contributed by atoms with Crippen LogP contribution >= 0.6 is 11.3 Å². The highest BCUT2D eigenvalue weighted by molar-refractivity contribution is 7.17.